The van der Waals surface area contributed by atoms with Gasteiger partial charge in [-0.15, -0.1) is 0 Å². The minimum absolute atomic E-state index is 0.0136. The van der Waals surface area contributed by atoms with E-state index in [1.807, 2.05) is 13.8 Å². The van der Waals surface area contributed by atoms with E-state index in [0.717, 1.165) is 12.8 Å². The molecule has 11 heteroatoms. The van der Waals surface area contributed by atoms with Crippen molar-refractivity contribution in [3.8, 4) is 0 Å². The van der Waals surface area contributed by atoms with E-state index in [4.69, 9.17) is 23.2 Å². The Kier molecular flexibility index (Phi) is 8.48. The van der Waals surface area contributed by atoms with E-state index in [1.165, 1.54) is 12.4 Å². The number of pyridine rings is 1. The molecule has 1 unspecified atom stereocenters. The fraction of sp³-hybridized carbons (Fsp3) is 0.292. The average Bonchev–Trinajstić information content (AvgIpc) is 2.81. The van der Waals surface area contributed by atoms with Crippen molar-refractivity contribution < 1.29 is 14.7 Å². The highest BCUT2D eigenvalue weighted by molar-refractivity contribution is 6.40. The highest BCUT2D eigenvalue weighted by Gasteiger charge is 2.27. The molecule has 0 aliphatic carbocycles. The van der Waals surface area contributed by atoms with Crippen molar-refractivity contribution in [3.63, 3.8) is 0 Å². The number of nitrogens with zero attached hydrogens (tertiary/aromatic N) is 1. The van der Waals surface area contributed by atoms with Gasteiger partial charge in [-0.3, -0.25) is 19.4 Å². The van der Waals surface area contributed by atoms with Gasteiger partial charge in [0, 0.05) is 30.5 Å². The van der Waals surface area contributed by atoms with Gasteiger partial charge in [-0.25, -0.2) is 4.79 Å². The molecule has 1 aromatic heterocycles. The second kappa shape index (κ2) is 11.3. The third-order valence-electron chi connectivity index (χ3n) is 5.37. The maximum Gasteiger partial charge on any atom is 0.326 e. The van der Waals surface area contributed by atoms with Gasteiger partial charge < -0.3 is 21.1 Å². The van der Waals surface area contributed by atoms with Crippen LogP contribution in [0.1, 0.15) is 42.6 Å². The number of nitrogens with one attached hydrogen (secondary N) is 3. The van der Waals surface area contributed by atoms with Crippen LogP contribution in [0.5, 0.6) is 0 Å². The van der Waals surface area contributed by atoms with E-state index in [2.05, 4.69) is 20.9 Å². The molecule has 2 atom stereocenters. The van der Waals surface area contributed by atoms with Crippen LogP contribution < -0.4 is 26.8 Å². The second-order valence-corrected chi connectivity index (χ2v) is 8.93. The van der Waals surface area contributed by atoms with Crippen LogP contribution in [0.25, 0.3) is 0 Å². The molecule has 4 N–H and O–H groups in total. The molecule has 0 bridgehead atoms. The Morgan fingerprint density at radius 2 is 1.57 bits per heavy atom. The number of carboxylic acids is 1. The monoisotopic (exact) mass is 518 g/mol. The summed E-state index contributed by atoms with van der Waals surface area (Å²) in [5.74, 6) is -1.69. The maximum atomic E-state index is 12.5. The lowest BCUT2D eigenvalue weighted by Crippen LogP contribution is -2.43. The van der Waals surface area contributed by atoms with Gasteiger partial charge in [0.15, 0.2) is 0 Å². The molecule has 1 heterocycles. The third kappa shape index (κ3) is 6.17. The molecule has 3 aromatic rings. The minimum atomic E-state index is -1.18. The van der Waals surface area contributed by atoms with Crippen LogP contribution >= 0.6 is 23.2 Å². The fourth-order valence-corrected chi connectivity index (χ4v) is 4.11. The predicted molar refractivity (Wildman–Crippen MR) is 137 cm³/mol. The number of hydrogen-bond donors (Lipinski definition) is 4. The van der Waals surface area contributed by atoms with Gasteiger partial charge >= 0.3 is 5.97 Å². The van der Waals surface area contributed by atoms with Crippen LogP contribution in [0.4, 0.5) is 17.1 Å². The van der Waals surface area contributed by atoms with E-state index >= 15 is 0 Å². The summed E-state index contributed by atoms with van der Waals surface area (Å²) in [5, 5.41) is 18.3. The van der Waals surface area contributed by atoms with Crippen molar-refractivity contribution in [2.24, 2.45) is 0 Å². The summed E-state index contributed by atoms with van der Waals surface area (Å²) in [6.45, 7) is 3.88. The first-order chi connectivity index (χ1) is 16.6. The van der Waals surface area contributed by atoms with Crippen LogP contribution in [0, 0.1) is 0 Å². The van der Waals surface area contributed by atoms with Crippen LogP contribution in [0.15, 0.2) is 46.2 Å². The third-order valence-corrected chi connectivity index (χ3v) is 5.94. The number of anilines is 3. The van der Waals surface area contributed by atoms with Crippen molar-refractivity contribution in [2.45, 2.75) is 45.2 Å². The molecule has 35 heavy (non-hydrogen) atoms. The standard InChI is InChI=1S/C24H24Cl2N4O5/c1-3-4-12(2)28-19-20(22(32)21(19)31)30-17(24(34)35)9-13-5-7-14(8-6-13)29-23(33)18-15(25)10-27-11-16(18)26/h5-8,10-12,17,28,30H,3-4,9H2,1-2H3,(H,29,33)(H,34,35)/t12?,17-/m0/s1. The number of halogens is 2. The van der Waals surface area contributed by atoms with Crippen LogP contribution in [0.2, 0.25) is 10.0 Å². The van der Waals surface area contributed by atoms with Gasteiger partial charge in [-0.2, -0.15) is 0 Å². The summed E-state index contributed by atoms with van der Waals surface area (Å²) in [5.41, 5.74) is -0.123. The molecule has 184 valence electrons. The van der Waals surface area contributed by atoms with Gasteiger partial charge in [0.1, 0.15) is 17.4 Å². The number of hydrogen-bond acceptors (Lipinski definition) is 7. The molecule has 3 rings (SSSR count). The molecule has 0 radical (unpaired) electrons. The van der Waals surface area contributed by atoms with Crippen molar-refractivity contribution in [1.29, 1.82) is 0 Å². The zero-order valence-corrected chi connectivity index (χ0v) is 20.5. The van der Waals surface area contributed by atoms with Crippen LogP contribution in [-0.4, -0.2) is 34.1 Å². The second-order valence-electron chi connectivity index (χ2n) is 8.11. The summed E-state index contributed by atoms with van der Waals surface area (Å²) in [4.78, 5) is 52.2. The first-order valence-electron chi connectivity index (χ1n) is 10.9. The van der Waals surface area contributed by atoms with Gasteiger partial charge in [0.05, 0.1) is 15.6 Å². The molecule has 0 saturated carbocycles. The van der Waals surface area contributed by atoms with Crippen molar-refractivity contribution in [1.82, 2.24) is 4.98 Å². The van der Waals surface area contributed by atoms with E-state index < -0.39 is 28.8 Å². The summed E-state index contributed by atoms with van der Waals surface area (Å²) in [6, 6.07) is 5.32. The highest BCUT2D eigenvalue weighted by Crippen LogP contribution is 2.24. The number of carbonyl (C=O) groups excluding carboxylic acids is 1. The molecule has 2 aromatic carbocycles. The lowest BCUT2D eigenvalue weighted by atomic mass is 10.0. The summed E-state index contributed by atoms with van der Waals surface area (Å²) < 4.78 is 0. The Bertz CT molecular complexity index is 1280. The zero-order valence-electron chi connectivity index (χ0n) is 19.0. The number of aliphatic carboxylic acids is 1. The highest BCUT2D eigenvalue weighted by atomic mass is 35.5. The molecule has 0 aliphatic rings. The summed E-state index contributed by atoms with van der Waals surface area (Å²) in [6.07, 6.45) is 4.35. The number of amides is 1. The Hall–Kier alpha value is -3.43. The number of rotatable bonds is 11. The van der Waals surface area contributed by atoms with Crippen LogP contribution in [-0.2, 0) is 11.2 Å². The first-order valence-corrected chi connectivity index (χ1v) is 11.7. The molecule has 9 nitrogen and oxygen atoms in total. The van der Waals surface area contributed by atoms with E-state index in [1.54, 1.807) is 24.3 Å². The first kappa shape index (κ1) is 26.2. The normalized spacial score (nSPS) is 12.7. The lowest BCUT2D eigenvalue weighted by Gasteiger charge is -2.22. The quantitative estimate of drug-likeness (QED) is 0.280. The molecule has 0 aliphatic heterocycles. The largest absolute Gasteiger partial charge is 0.480 e. The minimum Gasteiger partial charge on any atom is -0.480 e. The molecule has 0 spiro atoms. The van der Waals surface area contributed by atoms with E-state index in [-0.39, 0.29) is 39.4 Å². The number of carboxylic acid groups (broad SMARTS) is 1. The van der Waals surface area contributed by atoms with Gasteiger partial charge in [-0.1, -0.05) is 48.7 Å². The number of aromatic nitrogens is 1. The molecule has 1 amide bonds. The Morgan fingerprint density at radius 1 is 1.00 bits per heavy atom. The maximum absolute atomic E-state index is 12.5. The zero-order chi connectivity index (χ0) is 25.7. The van der Waals surface area contributed by atoms with E-state index in [0.29, 0.717) is 11.3 Å². The number of benzene rings is 1. The van der Waals surface area contributed by atoms with Gasteiger partial charge in [0.25, 0.3) is 16.8 Å². The Labute approximate surface area is 211 Å². The Morgan fingerprint density at radius 3 is 2.11 bits per heavy atom. The smallest absolute Gasteiger partial charge is 0.326 e. The van der Waals surface area contributed by atoms with Gasteiger partial charge in [0.2, 0.25) is 0 Å². The van der Waals surface area contributed by atoms with Crippen molar-refractivity contribution in [2.75, 3.05) is 16.0 Å². The average molecular weight is 519 g/mol. The lowest BCUT2D eigenvalue weighted by molar-refractivity contribution is -0.137. The van der Waals surface area contributed by atoms with E-state index in [9.17, 15) is 24.3 Å². The van der Waals surface area contributed by atoms with Crippen LogP contribution in [0.3, 0.4) is 0 Å². The summed E-state index contributed by atoms with van der Waals surface area (Å²) in [7, 11) is 0. The molecular weight excluding hydrogens is 495 g/mol. The topological polar surface area (TPSA) is 137 Å². The Balaban J connectivity index is 1.69. The SMILES string of the molecule is CCCC(C)Nc1c(N[C@@H](Cc2ccc(NC(=O)c3c(Cl)cncc3Cl)cc2)C(=O)O)c(=O)c1=O. The summed E-state index contributed by atoms with van der Waals surface area (Å²) >= 11 is 12.0. The molecule has 0 saturated heterocycles. The molecular formula is C24H24Cl2N4O5. The van der Waals surface area contributed by atoms with Gasteiger partial charge in [-0.05, 0) is 31.0 Å². The van der Waals surface area contributed by atoms with Crippen molar-refractivity contribution >= 4 is 52.1 Å². The number of carbonyl (C=O) groups is 2. The predicted octanol–water partition coefficient (Wildman–Crippen LogP) is 3.95. The van der Waals surface area contributed by atoms with Crippen molar-refractivity contribution in [3.05, 3.63) is 78.3 Å². The molecule has 0 fully saturated rings. The fourth-order valence-electron chi connectivity index (χ4n) is 3.57.